The summed E-state index contributed by atoms with van der Waals surface area (Å²) in [6, 6.07) is 7.97. The van der Waals surface area contributed by atoms with Crippen LogP contribution in [0.2, 0.25) is 0 Å². The molecule has 190 valence electrons. The van der Waals surface area contributed by atoms with E-state index in [1.165, 1.54) is 18.2 Å². The van der Waals surface area contributed by atoms with Gasteiger partial charge in [0.1, 0.15) is 0 Å². The van der Waals surface area contributed by atoms with Gasteiger partial charge in [-0.2, -0.15) is 0 Å². The van der Waals surface area contributed by atoms with Crippen LogP contribution in [0.3, 0.4) is 0 Å². The van der Waals surface area contributed by atoms with E-state index < -0.39 is 55.6 Å². The summed E-state index contributed by atoms with van der Waals surface area (Å²) in [6.45, 7) is 2.25. The summed E-state index contributed by atoms with van der Waals surface area (Å²) in [7, 11) is -3.94. The summed E-state index contributed by atoms with van der Waals surface area (Å²) in [5, 5.41) is 45.3. The highest BCUT2D eigenvalue weighted by molar-refractivity contribution is 6.59. The topological polar surface area (TPSA) is 127 Å². The van der Waals surface area contributed by atoms with Crippen molar-refractivity contribution >= 4 is 37.5 Å². The molecule has 4 N–H and O–H groups in total. The Bertz CT molecular complexity index is 1510. The molecule has 1 aliphatic heterocycles. The molecule has 0 unspecified atom stereocenters. The zero-order chi connectivity index (χ0) is 31.3. The van der Waals surface area contributed by atoms with Crippen LogP contribution in [0.5, 0.6) is 11.5 Å². The molecule has 0 bridgehead atoms. The average molecular weight is 509 g/mol. The maximum absolute atomic E-state index is 9.47. The third-order valence-corrected chi connectivity index (χ3v) is 5.60. The van der Waals surface area contributed by atoms with Crippen molar-refractivity contribution in [3.05, 3.63) is 83.3 Å². The first-order valence-corrected chi connectivity index (χ1v) is 11.7. The molecule has 1 aliphatic rings. The summed E-state index contributed by atoms with van der Waals surface area (Å²) >= 11 is 0. The van der Waals surface area contributed by atoms with E-state index in [0.29, 0.717) is 12.1 Å². The molecule has 11 heteroatoms. The Balaban J connectivity index is 1.64. The van der Waals surface area contributed by atoms with Gasteiger partial charge in [-0.3, -0.25) is 4.90 Å². The number of hydrogen-bond acceptors (Lipinski definition) is 9. The molecule has 1 heterocycles. The minimum absolute atomic E-state index is 0.160. The van der Waals surface area contributed by atoms with E-state index >= 15 is 0 Å². The number of hydrogen-bond donors (Lipinski definition) is 4. The highest BCUT2D eigenvalue weighted by Gasteiger charge is 2.15. The second kappa shape index (κ2) is 13.2. The lowest BCUT2D eigenvalue weighted by Gasteiger charge is -2.26. The van der Waals surface area contributed by atoms with Gasteiger partial charge in [-0.25, -0.2) is 0 Å². The smallest absolute Gasteiger partial charge is 0.423 e. The monoisotopic (exact) mass is 508 g/mol. The van der Waals surface area contributed by atoms with Crippen molar-refractivity contribution < 1.29 is 38.0 Å². The van der Waals surface area contributed by atoms with Crippen LogP contribution in [0.15, 0.2) is 76.9 Å². The van der Waals surface area contributed by atoms with Gasteiger partial charge in [0, 0.05) is 18.2 Å². The Hall–Kier alpha value is -3.47. The van der Waals surface area contributed by atoms with Crippen molar-refractivity contribution in [1.82, 2.24) is 4.90 Å². The number of benzene rings is 3. The zero-order valence-corrected chi connectivity index (χ0v) is 19.9. The average Bonchev–Trinajstić information content (AvgIpc) is 2.99. The summed E-state index contributed by atoms with van der Waals surface area (Å²) in [4.78, 5) is 13.2. The minimum atomic E-state index is -2.23. The highest BCUT2D eigenvalue weighted by Crippen LogP contribution is 2.27. The van der Waals surface area contributed by atoms with Crippen molar-refractivity contribution in [3.63, 3.8) is 0 Å². The van der Waals surface area contributed by atoms with E-state index in [0.717, 1.165) is 32.4 Å². The van der Waals surface area contributed by atoms with Gasteiger partial charge < -0.3 is 29.8 Å². The van der Waals surface area contributed by atoms with E-state index in [4.69, 9.17) is 17.9 Å². The van der Waals surface area contributed by atoms with Crippen LogP contribution in [0.25, 0.3) is 0 Å². The van der Waals surface area contributed by atoms with Crippen molar-refractivity contribution in [3.8, 4) is 11.5 Å². The molecule has 1 fully saturated rings. The van der Waals surface area contributed by atoms with Crippen LogP contribution in [0.4, 0.5) is 0 Å². The lowest BCUT2D eigenvalue weighted by atomic mass is 9.89. The predicted molar refractivity (Wildman–Crippen MR) is 145 cm³/mol. The Morgan fingerprint density at radius 1 is 0.838 bits per heavy atom. The maximum atomic E-state index is 9.47. The van der Waals surface area contributed by atoms with Crippen LogP contribution in [-0.4, -0.2) is 64.7 Å². The fraction of sp³-hybridized carbons (Fsp3) is 0.231. The first-order valence-electron chi connectivity index (χ1n) is 14.7. The molecule has 1 saturated heterocycles. The second-order valence-corrected chi connectivity index (χ2v) is 8.36. The van der Waals surface area contributed by atoms with Crippen LogP contribution in [-0.2, 0) is 6.54 Å². The minimum Gasteiger partial charge on any atom is -0.423 e. The van der Waals surface area contributed by atoms with Crippen molar-refractivity contribution in [2.45, 2.75) is 25.8 Å². The van der Waals surface area contributed by atoms with Crippen LogP contribution < -0.4 is 20.6 Å². The molecular weight excluding hydrogens is 473 g/mol. The summed E-state index contributed by atoms with van der Waals surface area (Å²) in [6.07, 6.45) is 2.23. The molecular formula is C26H29B2N3O6. The molecule has 0 atom stereocenters. The van der Waals surface area contributed by atoms with Gasteiger partial charge in [0.15, 0.2) is 11.5 Å². The van der Waals surface area contributed by atoms with E-state index in [1.807, 2.05) is 0 Å². The van der Waals surface area contributed by atoms with Gasteiger partial charge in [0.25, 0.3) is 0 Å². The predicted octanol–water partition coefficient (Wildman–Crippen LogP) is 0.858. The zero-order valence-electron chi connectivity index (χ0n) is 25.9. The van der Waals surface area contributed by atoms with Crippen molar-refractivity contribution in [2.75, 3.05) is 13.1 Å². The molecule has 9 nitrogen and oxygen atoms in total. The Morgan fingerprint density at radius 2 is 1.54 bits per heavy atom. The molecule has 0 spiro atoms. The second-order valence-electron chi connectivity index (χ2n) is 8.36. The third-order valence-electron chi connectivity index (χ3n) is 5.60. The summed E-state index contributed by atoms with van der Waals surface area (Å²) in [5.74, 6) is 0.324. The first-order chi connectivity index (χ1) is 20.5. The van der Waals surface area contributed by atoms with Crippen LogP contribution in [0.1, 0.15) is 44.2 Å². The Morgan fingerprint density at radius 3 is 2.27 bits per heavy atom. The molecule has 0 radical (unpaired) electrons. The molecule has 3 aromatic carbocycles. The normalized spacial score (nSPS) is 17.1. The third kappa shape index (κ3) is 8.01. The Labute approximate surface area is 225 Å². The van der Waals surface area contributed by atoms with Crippen molar-refractivity contribution in [1.29, 1.82) is 0 Å². The number of rotatable bonds is 10. The number of oxime groups is 2. The van der Waals surface area contributed by atoms with Gasteiger partial charge in [0.05, 0.1) is 20.6 Å². The van der Waals surface area contributed by atoms with Gasteiger partial charge in [-0.05, 0) is 54.1 Å². The van der Waals surface area contributed by atoms with Crippen molar-refractivity contribution in [2.24, 2.45) is 10.3 Å². The maximum Gasteiger partial charge on any atom is 0.488 e. The van der Waals surface area contributed by atoms with Crippen LogP contribution in [0, 0.1) is 0 Å². The highest BCUT2D eigenvalue weighted by atomic mass is 16.8. The number of likely N-dealkylation sites (tertiary alicyclic amines) is 1. The van der Waals surface area contributed by atoms with E-state index in [1.54, 1.807) is 24.3 Å². The number of piperidine rings is 1. The summed E-state index contributed by atoms with van der Waals surface area (Å²) < 4.78 is 48.9. The Kier molecular flexibility index (Phi) is 6.99. The van der Waals surface area contributed by atoms with E-state index in [-0.39, 0.29) is 28.7 Å². The van der Waals surface area contributed by atoms with Crippen LogP contribution >= 0.6 is 0 Å². The first kappa shape index (κ1) is 19.6. The molecule has 3 aromatic rings. The molecule has 0 aliphatic carbocycles. The van der Waals surface area contributed by atoms with Gasteiger partial charge >= 0.3 is 14.2 Å². The fourth-order valence-corrected chi connectivity index (χ4v) is 3.69. The molecule has 4 rings (SSSR count). The van der Waals surface area contributed by atoms with E-state index in [2.05, 4.69) is 15.2 Å². The van der Waals surface area contributed by atoms with Gasteiger partial charge in [0.2, 0.25) is 0 Å². The quantitative estimate of drug-likeness (QED) is 0.138. The lowest BCUT2D eigenvalue weighted by Crippen LogP contribution is -2.29. The SMILES string of the molecule is [2H]/C(=N\Oc1cc(O/[15N]=C(\[2H])c2cccc([11B](O)O)c2)ccc1CN1CCCCC1)c1c([2H])c([2H])c([11B](O)O)c([2H])c1[2H]. The molecule has 37 heavy (non-hydrogen) atoms. The molecule has 0 aromatic heterocycles. The van der Waals surface area contributed by atoms with Gasteiger partial charge in [-0.15, -0.1) is 0 Å². The molecule has 0 amide bonds. The largest absolute Gasteiger partial charge is 0.488 e. The van der Waals surface area contributed by atoms with Gasteiger partial charge in [-0.1, -0.05) is 71.2 Å². The lowest BCUT2D eigenvalue weighted by molar-refractivity contribution is 0.216. The fourth-order valence-electron chi connectivity index (χ4n) is 3.69. The summed E-state index contributed by atoms with van der Waals surface area (Å²) in [5.41, 5.74) is 0.0525. The standard InChI is InChI=1S/C26H29B2N3O6/c32-27(33)23-10-7-20(8-11-23)17-30-37-26-16-25(12-9-22(26)19-31-13-2-1-3-14-31)36-29-18-21-5-4-6-24(15-21)28(34)35/h4-12,15-18,32-35H,1-3,13-14,19H2/b29-18+,30-17+/i7D,8D,10D,11D,17D,18D,27+0,28+0,29+1. The number of nitrogens with zero attached hydrogens (tertiary/aromatic N) is 3. The van der Waals surface area contributed by atoms with E-state index in [9.17, 15) is 20.1 Å². The molecule has 0 saturated carbocycles.